The standard InChI is InChI=1S/C53H83NO14/c1-32-16-12-11-13-17-33(2)44(66-25-24-63-8)30-40-21-19-38(7)53(62,68-40)50(59)51(60)54-23-15-14-18-41(54)52(61)67-45(35(4)28-39-20-22-42(55)46(29-39)64-9)31-43(56)34(3)27-37(6)48(58)49(65-10)47(57)36(5)26-32/h11-13,16-17,27,32,34-36,38-42,44-46,48-49,55,58,62H,14-15,18-26,28-31H2,1-10H3/b13-11+,16-12+,33-17+,37-27+/t32-,34-,35-,36-,38-,39+,40+,41+,42-,44+,45+,46-,48-,49+,53-/m1/s1. The van der Waals surface area contributed by atoms with Crippen LogP contribution in [0.2, 0.25) is 0 Å². The highest BCUT2D eigenvalue weighted by Crippen LogP contribution is 2.38. The largest absolute Gasteiger partial charge is 0.460 e. The topological polar surface area (TPSA) is 205 Å². The van der Waals surface area contributed by atoms with Crippen molar-refractivity contribution in [3.05, 3.63) is 47.6 Å². The third-order valence-electron chi connectivity index (χ3n) is 14.8. The van der Waals surface area contributed by atoms with Crippen LogP contribution in [-0.4, -0.2) is 145 Å². The molecule has 384 valence electrons. The van der Waals surface area contributed by atoms with Crippen molar-refractivity contribution in [1.29, 1.82) is 0 Å². The molecule has 0 aromatic carbocycles. The highest BCUT2D eigenvalue weighted by molar-refractivity contribution is 6.39. The van der Waals surface area contributed by atoms with Crippen molar-refractivity contribution in [3.8, 4) is 0 Å². The summed E-state index contributed by atoms with van der Waals surface area (Å²) in [4.78, 5) is 72.2. The Morgan fingerprint density at radius 3 is 2.28 bits per heavy atom. The minimum atomic E-state index is -2.46. The van der Waals surface area contributed by atoms with Gasteiger partial charge in [0.2, 0.25) is 5.79 Å². The van der Waals surface area contributed by atoms with Gasteiger partial charge in [-0.25, -0.2) is 4.79 Å². The fourth-order valence-corrected chi connectivity index (χ4v) is 10.3. The van der Waals surface area contributed by atoms with Crippen LogP contribution in [0.25, 0.3) is 0 Å². The molecule has 1 amide bonds. The monoisotopic (exact) mass is 958 g/mol. The molecule has 0 spiro atoms. The number of Topliss-reactive ketones (excluding diaryl/α,β-unsaturated/α-hetero) is 3. The summed E-state index contributed by atoms with van der Waals surface area (Å²) >= 11 is 0. The molecule has 3 N–H and O–H groups in total. The quantitative estimate of drug-likeness (QED) is 0.102. The van der Waals surface area contributed by atoms with Crippen molar-refractivity contribution < 1.29 is 67.7 Å². The Hall–Kier alpha value is -3.41. The van der Waals surface area contributed by atoms with Crippen LogP contribution in [0, 0.1) is 35.5 Å². The number of carbonyl (C=O) groups is 5. The van der Waals surface area contributed by atoms with E-state index in [0.29, 0.717) is 63.5 Å². The van der Waals surface area contributed by atoms with Gasteiger partial charge in [-0.15, -0.1) is 0 Å². The van der Waals surface area contributed by atoms with Crippen LogP contribution < -0.4 is 0 Å². The number of carbonyl (C=O) groups excluding carboxylic acids is 5. The van der Waals surface area contributed by atoms with Crippen LogP contribution in [0.3, 0.4) is 0 Å². The van der Waals surface area contributed by atoms with Gasteiger partial charge in [0.1, 0.15) is 30.1 Å². The van der Waals surface area contributed by atoms with Gasteiger partial charge in [-0.2, -0.15) is 0 Å². The summed E-state index contributed by atoms with van der Waals surface area (Å²) in [7, 11) is 4.52. The molecule has 15 atom stereocenters. The molecule has 1 aliphatic carbocycles. The van der Waals surface area contributed by atoms with Gasteiger partial charge in [-0.3, -0.25) is 19.2 Å². The Morgan fingerprint density at radius 2 is 1.59 bits per heavy atom. The number of rotatable bonds is 9. The molecule has 0 aromatic rings. The fraction of sp³-hybridized carbons (Fsp3) is 0.755. The highest BCUT2D eigenvalue weighted by atomic mass is 16.6. The van der Waals surface area contributed by atoms with E-state index in [-0.39, 0.29) is 67.8 Å². The number of aliphatic hydroxyl groups excluding tert-OH is 2. The van der Waals surface area contributed by atoms with Crippen molar-refractivity contribution in [3.63, 3.8) is 0 Å². The molecule has 0 radical (unpaired) electrons. The number of hydrogen-bond acceptors (Lipinski definition) is 14. The maximum Gasteiger partial charge on any atom is 0.329 e. The van der Waals surface area contributed by atoms with Gasteiger partial charge in [0, 0.05) is 58.5 Å². The molecule has 3 heterocycles. The van der Waals surface area contributed by atoms with Crippen LogP contribution in [0.15, 0.2) is 47.6 Å². The van der Waals surface area contributed by atoms with E-state index in [1.54, 1.807) is 41.1 Å². The number of cyclic esters (lactones) is 1. The summed E-state index contributed by atoms with van der Waals surface area (Å²) in [6.45, 7) is 13.4. The number of fused-ring (bicyclic) bond motifs is 3. The van der Waals surface area contributed by atoms with Gasteiger partial charge in [0.05, 0.1) is 37.6 Å². The van der Waals surface area contributed by atoms with Crippen LogP contribution in [0.4, 0.5) is 0 Å². The van der Waals surface area contributed by atoms with Crippen LogP contribution in [-0.2, 0) is 52.4 Å². The number of ketones is 3. The van der Waals surface area contributed by atoms with E-state index in [1.807, 2.05) is 58.1 Å². The number of esters is 1. The van der Waals surface area contributed by atoms with E-state index in [0.717, 1.165) is 12.0 Å². The summed E-state index contributed by atoms with van der Waals surface area (Å²) in [5, 5.41) is 34.0. The minimum absolute atomic E-state index is 0.00394. The van der Waals surface area contributed by atoms with Crippen LogP contribution in [0.5, 0.6) is 0 Å². The molecular weight excluding hydrogens is 875 g/mol. The molecule has 0 aromatic heterocycles. The molecule has 3 aliphatic heterocycles. The van der Waals surface area contributed by atoms with Gasteiger partial charge in [-0.1, -0.05) is 71.1 Å². The zero-order valence-electron chi connectivity index (χ0n) is 42.4. The van der Waals surface area contributed by atoms with E-state index in [2.05, 4.69) is 0 Å². The van der Waals surface area contributed by atoms with Crippen molar-refractivity contribution in [2.24, 2.45) is 35.5 Å². The van der Waals surface area contributed by atoms with E-state index < -0.39 is 83.9 Å². The summed E-state index contributed by atoms with van der Waals surface area (Å²) in [6, 6.07) is -1.15. The first-order valence-corrected chi connectivity index (χ1v) is 25.0. The summed E-state index contributed by atoms with van der Waals surface area (Å²) < 4.78 is 35.1. The van der Waals surface area contributed by atoms with Gasteiger partial charge in [0.15, 0.2) is 5.78 Å². The second-order valence-corrected chi connectivity index (χ2v) is 20.2. The summed E-state index contributed by atoms with van der Waals surface area (Å²) in [5.74, 6) is -8.09. The first-order chi connectivity index (χ1) is 32.2. The molecule has 15 heteroatoms. The third kappa shape index (κ3) is 15.5. The van der Waals surface area contributed by atoms with Crippen molar-refractivity contribution >= 4 is 29.2 Å². The zero-order valence-corrected chi connectivity index (χ0v) is 42.4. The van der Waals surface area contributed by atoms with Crippen LogP contribution in [0.1, 0.15) is 126 Å². The molecule has 4 rings (SSSR count). The number of nitrogens with zero attached hydrogens (tertiary/aromatic N) is 1. The lowest BCUT2D eigenvalue weighted by atomic mass is 9.78. The molecule has 0 unspecified atom stereocenters. The lowest BCUT2D eigenvalue weighted by Gasteiger charge is -2.43. The average molecular weight is 958 g/mol. The molecule has 68 heavy (non-hydrogen) atoms. The maximum absolute atomic E-state index is 14.4. The lowest BCUT2D eigenvalue weighted by Crippen LogP contribution is -2.61. The molecule has 2 bridgehead atoms. The van der Waals surface area contributed by atoms with E-state index in [9.17, 15) is 39.3 Å². The number of allylic oxidation sites excluding steroid dienone is 6. The number of hydrogen-bond donors (Lipinski definition) is 3. The van der Waals surface area contributed by atoms with Crippen molar-refractivity contribution in [1.82, 2.24) is 4.90 Å². The molecule has 2 saturated heterocycles. The van der Waals surface area contributed by atoms with E-state index in [4.69, 9.17) is 28.4 Å². The first-order valence-electron chi connectivity index (χ1n) is 25.0. The summed E-state index contributed by atoms with van der Waals surface area (Å²) in [6.07, 6.45) is 10.9. The molecule has 1 saturated carbocycles. The number of piperidine rings is 1. The van der Waals surface area contributed by atoms with Crippen LogP contribution >= 0.6 is 0 Å². The predicted molar refractivity (Wildman–Crippen MR) is 256 cm³/mol. The second kappa shape index (κ2) is 27.3. The highest BCUT2D eigenvalue weighted by Gasteiger charge is 2.53. The molecule has 4 aliphatic rings. The van der Waals surface area contributed by atoms with Gasteiger partial charge in [0.25, 0.3) is 11.7 Å². The predicted octanol–water partition coefficient (Wildman–Crippen LogP) is 6.20. The number of ether oxygens (including phenoxy) is 6. The number of aliphatic hydroxyl groups is 3. The average Bonchev–Trinajstić information content (AvgIpc) is 3.31. The second-order valence-electron chi connectivity index (χ2n) is 20.2. The normalized spacial score (nSPS) is 39.2. The SMILES string of the molecule is COCCO[C@H]1C[C@@H]2CC[C@@H](C)[C@@](O)(O2)C(=O)C(=O)N2CCCC[C@H]2C(=O)O[C@H]([C@H](C)C[C@@H]2CC[C@@H](O)[C@H](OC)C2)CC(=O)[C@H](C)/C=C(\C)[C@@H](O)[C@@H](OC)C(=O)[C@H](C)C[C@H](C)/C=C/C=C/C=C/1C. The maximum atomic E-state index is 14.4. The van der Waals surface area contributed by atoms with Gasteiger partial charge < -0.3 is 48.6 Å². The smallest absolute Gasteiger partial charge is 0.329 e. The Bertz CT molecular complexity index is 1810. The lowest BCUT2D eigenvalue weighted by molar-refractivity contribution is -0.266. The zero-order chi connectivity index (χ0) is 50.3. The van der Waals surface area contributed by atoms with Crippen molar-refractivity contribution in [2.45, 2.75) is 180 Å². The van der Waals surface area contributed by atoms with E-state index >= 15 is 0 Å². The van der Waals surface area contributed by atoms with Crippen molar-refractivity contribution in [2.75, 3.05) is 41.1 Å². The minimum Gasteiger partial charge on any atom is -0.460 e. The third-order valence-corrected chi connectivity index (χ3v) is 14.8. The van der Waals surface area contributed by atoms with Gasteiger partial charge in [-0.05, 0) is 107 Å². The number of methoxy groups -OCH3 is 3. The Balaban J connectivity index is 1.72. The first kappa shape index (κ1) is 57.2. The van der Waals surface area contributed by atoms with Gasteiger partial charge >= 0.3 is 5.97 Å². The molecule has 3 fully saturated rings. The molecule has 15 nitrogen and oxygen atoms in total. The van der Waals surface area contributed by atoms with E-state index in [1.165, 1.54) is 12.0 Å². The Kier molecular flexibility index (Phi) is 22.9. The Morgan fingerprint density at radius 1 is 0.853 bits per heavy atom. The molecular formula is C53H83NO14. The fourth-order valence-electron chi connectivity index (χ4n) is 10.3. The summed E-state index contributed by atoms with van der Waals surface area (Å²) in [5.41, 5.74) is 1.24. The number of amides is 1. The Labute approximate surface area is 405 Å².